The molecule has 2 aliphatic heterocycles. The highest BCUT2D eigenvalue weighted by Gasteiger charge is 2.40. The Bertz CT molecular complexity index is 1100. The minimum atomic E-state index is -0.466. The standard InChI is InChI=1S/C23H20N4O2/c28-12-14-5-3-6-15(11-14)20-22(18-8-1-2-10-24-18)25-17-9-4-7-16-19(13-29)26-27-23(20)21(16)17/h1-11,13,19-20,22,25-26,28H,12H2. The lowest BCUT2D eigenvalue weighted by molar-refractivity contribution is -0.109. The van der Waals surface area contributed by atoms with Gasteiger partial charge in [0.05, 0.1) is 30.0 Å². The van der Waals surface area contributed by atoms with Crippen LogP contribution >= 0.6 is 0 Å². The van der Waals surface area contributed by atoms with Crippen molar-refractivity contribution in [3.05, 3.63) is 94.8 Å². The van der Waals surface area contributed by atoms with E-state index in [0.717, 1.165) is 45.6 Å². The molecule has 6 nitrogen and oxygen atoms in total. The van der Waals surface area contributed by atoms with Crippen LogP contribution in [-0.4, -0.2) is 22.1 Å². The van der Waals surface area contributed by atoms with E-state index in [1.165, 1.54) is 0 Å². The number of carbonyl (C=O) groups excluding carboxylic acids is 1. The lowest BCUT2D eigenvalue weighted by Crippen LogP contribution is -2.38. The molecule has 0 bridgehead atoms. The van der Waals surface area contributed by atoms with Crippen LogP contribution in [0.1, 0.15) is 45.9 Å². The summed E-state index contributed by atoms with van der Waals surface area (Å²) in [4.78, 5) is 16.2. The van der Waals surface area contributed by atoms with Gasteiger partial charge in [-0.05, 0) is 34.9 Å². The Morgan fingerprint density at radius 3 is 2.76 bits per heavy atom. The highest BCUT2D eigenvalue weighted by Crippen LogP contribution is 2.45. The van der Waals surface area contributed by atoms with Crippen molar-refractivity contribution < 1.29 is 9.90 Å². The van der Waals surface area contributed by atoms with Crippen LogP contribution in [0.2, 0.25) is 0 Å². The maximum absolute atomic E-state index is 11.6. The van der Waals surface area contributed by atoms with Gasteiger partial charge in [0.25, 0.3) is 0 Å². The van der Waals surface area contributed by atoms with E-state index in [1.807, 2.05) is 60.7 Å². The number of aliphatic hydroxyl groups excluding tert-OH is 1. The minimum absolute atomic E-state index is 0.0258. The molecule has 2 aliphatic rings. The molecule has 29 heavy (non-hydrogen) atoms. The van der Waals surface area contributed by atoms with Crippen LogP contribution in [-0.2, 0) is 11.4 Å². The topological polar surface area (TPSA) is 86.6 Å². The lowest BCUT2D eigenvalue weighted by atomic mass is 9.76. The summed E-state index contributed by atoms with van der Waals surface area (Å²) in [7, 11) is 0. The number of nitrogens with one attached hydrogen (secondary N) is 2. The van der Waals surface area contributed by atoms with Gasteiger partial charge in [-0.2, -0.15) is 5.10 Å². The molecule has 1 aromatic heterocycles. The summed E-state index contributed by atoms with van der Waals surface area (Å²) < 4.78 is 0. The van der Waals surface area contributed by atoms with E-state index >= 15 is 0 Å². The zero-order chi connectivity index (χ0) is 19.8. The van der Waals surface area contributed by atoms with Gasteiger partial charge in [0.2, 0.25) is 0 Å². The van der Waals surface area contributed by atoms with Gasteiger partial charge in [-0.15, -0.1) is 0 Å². The molecule has 3 unspecified atom stereocenters. The Labute approximate surface area is 168 Å². The zero-order valence-electron chi connectivity index (χ0n) is 15.6. The van der Waals surface area contributed by atoms with Gasteiger partial charge < -0.3 is 15.2 Å². The molecular formula is C23H20N4O2. The second-order valence-corrected chi connectivity index (χ2v) is 7.27. The van der Waals surface area contributed by atoms with Crippen molar-refractivity contribution in [1.29, 1.82) is 0 Å². The number of carbonyl (C=O) groups is 1. The van der Waals surface area contributed by atoms with Crippen molar-refractivity contribution in [3.63, 3.8) is 0 Å². The number of pyridine rings is 1. The van der Waals surface area contributed by atoms with Crippen LogP contribution < -0.4 is 10.7 Å². The Balaban J connectivity index is 1.73. The van der Waals surface area contributed by atoms with Gasteiger partial charge in [0, 0.05) is 17.4 Å². The maximum atomic E-state index is 11.6. The third-order valence-corrected chi connectivity index (χ3v) is 5.59. The molecular weight excluding hydrogens is 364 g/mol. The van der Waals surface area contributed by atoms with E-state index in [0.29, 0.717) is 0 Å². The molecule has 3 heterocycles. The van der Waals surface area contributed by atoms with Crippen LogP contribution in [0.3, 0.4) is 0 Å². The van der Waals surface area contributed by atoms with Crippen molar-refractivity contribution in [2.24, 2.45) is 5.10 Å². The molecule has 0 saturated heterocycles. The molecule has 0 fully saturated rings. The fraction of sp³-hybridized carbons (Fsp3) is 0.174. The first-order valence-electron chi connectivity index (χ1n) is 9.59. The Kier molecular flexibility index (Phi) is 4.33. The normalized spacial score (nSPS) is 22.0. The van der Waals surface area contributed by atoms with Crippen LogP contribution in [0.15, 0.2) is 72.0 Å². The van der Waals surface area contributed by atoms with E-state index in [1.54, 1.807) is 6.20 Å². The van der Waals surface area contributed by atoms with Crippen LogP contribution in [0, 0.1) is 0 Å². The average Bonchev–Trinajstić information content (AvgIpc) is 2.80. The highest BCUT2D eigenvalue weighted by atomic mass is 16.3. The first-order valence-corrected chi connectivity index (χ1v) is 9.59. The second-order valence-electron chi connectivity index (χ2n) is 7.27. The number of aldehydes is 1. The number of nitrogens with zero attached hydrogens (tertiary/aromatic N) is 2. The quantitative estimate of drug-likeness (QED) is 0.602. The van der Waals surface area contributed by atoms with Gasteiger partial charge in [-0.1, -0.05) is 42.5 Å². The summed E-state index contributed by atoms with van der Waals surface area (Å²) in [6, 6.07) is 19.1. The number of hydrogen-bond donors (Lipinski definition) is 3. The van der Waals surface area contributed by atoms with E-state index in [2.05, 4.69) is 20.8 Å². The number of benzene rings is 2. The molecule has 3 aromatic rings. The maximum Gasteiger partial charge on any atom is 0.148 e. The Morgan fingerprint density at radius 1 is 1.07 bits per heavy atom. The average molecular weight is 384 g/mol. The predicted molar refractivity (Wildman–Crippen MR) is 111 cm³/mol. The molecule has 6 heteroatoms. The molecule has 0 radical (unpaired) electrons. The summed E-state index contributed by atoms with van der Waals surface area (Å²) >= 11 is 0. The van der Waals surface area contributed by atoms with Crippen LogP contribution in [0.5, 0.6) is 0 Å². The molecule has 3 atom stereocenters. The molecule has 5 rings (SSSR count). The summed E-state index contributed by atoms with van der Waals surface area (Å²) in [6.45, 7) is -0.0258. The number of aromatic nitrogens is 1. The minimum Gasteiger partial charge on any atom is -0.392 e. The highest BCUT2D eigenvalue weighted by molar-refractivity contribution is 6.13. The molecule has 0 aliphatic carbocycles. The van der Waals surface area contributed by atoms with Crippen LogP contribution in [0.4, 0.5) is 5.69 Å². The van der Waals surface area contributed by atoms with E-state index in [9.17, 15) is 9.90 Å². The summed E-state index contributed by atoms with van der Waals surface area (Å²) in [5.41, 5.74) is 9.49. The van der Waals surface area contributed by atoms with Crippen molar-refractivity contribution >= 4 is 17.7 Å². The van der Waals surface area contributed by atoms with E-state index in [4.69, 9.17) is 0 Å². The second kappa shape index (κ2) is 7.14. The van der Waals surface area contributed by atoms with Gasteiger partial charge in [-0.25, -0.2) is 0 Å². The zero-order valence-corrected chi connectivity index (χ0v) is 15.6. The molecule has 0 amide bonds. The summed E-state index contributed by atoms with van der Waals surface area (Å²) in [6.07, 6.45) is 2.66. The largest absolute Gasteiger partial charge is 0.392 e. The first kappa shape index (κ1) is 17.6. The third kappa shape index (κ3) is 2.89. The summed E-state index contributed by atoms with van der Waals surface area (Å²) in [5.74, 6) is -0.134. The van der Waals surface area contributed by atoms with Crippen molar-refractivity contribution in [1.82, 2.24) is 10.4 Å². The summed E-state index contributed by atoms with van der Waals surface area (Å²) in [5, 5.41) is 17.9. The third-order valence-electron chi connectivity index (χ3n) is 5.59. The fourth-order valence-electron chi connectivity index (χ4n) is 4.28. The van der Waals surface area contributed by atoms with Crippen molar-refractivity contribution in [2.75, 3.05) is 5.32 Å². The number of aliphatic hydroxyl groups is 1. The fourth-order valence-corrected chi connectivity index (χ4v) is 4.28. The van der Waals surface area contributed by atoms with Gasteiger partial charge in [0.15, 0.2) is 0 Å². The van der Waals surface area contributed by atoms with E-state index < -0.39 is 6.04 Å². The molecule has 144 valence electrons. The predicted octanol–water partition coefficient (Wildman–Crippen LogP) is 3.07. The Morgan fingerprint density at radius 2 is 1.97 bits per heavy atom. The lowest BCUT2D eigenvalue weighted by Gasteiger charge is -2.39. The van der Waals surface area contributed by atoms with Crippen LogP contribution in [0.25, 0.3) is 0 Å². The molecule has 2 aromatic carbocycles. The monoisotopic (exact) mass is 384 g/mol. The van der Waals surface area contributed by atoms with Crippen molar-refractivity contribution in [3.8, 4) is 0 Å². The number of rotatable bonds is 4. The Hall–Kier alpha value is -3.51. The number of hydrogen-bond acceptors (Lipinski definition) is 6. The van der Waals surface area contributed by atoms with Gasteiger partial charge in [0.1, 0.15) is 12.3 Å². The number of anilines is 1. The smallest absolute Gasteiger partial charge is 0.148 e. The SMILES string of the molecule is O=CC1NN=C2c3c(cccc31)NC(c1ccccn1)C2c1cccc(CO)c1. The van der Waals surface area contributed by atoms with Gasteiger partial charge in [-0.3, -0.25) is 10.4 Å². The van der Waals surface area contributed by atoms with E-state index in [-0.39, 0.29) is 18.6 Å². The number of hydrazone groups is 1. The molecule has 0 spiro atoms. The van der Waals surface area contributed by atoms with Crippen molar-refractivity contribution in [2.45, 2.75) is 24.6 Å². The first-order chi connectivity index (χ1) is 14.3. The van der Waals surface area contributed by atoms with Gasteiger partial charge >= 0.3 is 0 Å². The molecule has 0 saturated carbocycles. The molecule has 3 N–H and O–H groups in total.